The Morgan fingerprint density at radius 1 is 1.38 bits per heavy atom. The number of rotatable bonds is 2. The molecule has 1 aromatic rings. The van der Waals surface area contributed by atoms with Gasteiger partial charge in [0.05, 0.1) is 12.7 Å². The molecule has 0 fully saturated rings. The quantitative estimate of drug-likeness (QED) is 0.760. The molecular weight excluding hydrogens is 198 g/mol. The highest BCUT2D eigenvalue weighted by molar-refractivity contribution is 5.84. The molecule has 0 unspecified atom stereocenters. The van der Waals surface area contributed by atoms with Gasteiger partial charge in [0, 0.05) is 12.7 Å². The molecule has 1 aromatic carbocycles. The third-order valence-corrected chi connectivity index (χ3v) is 2.98. The second-order valence-electron chi connectivity index (χ2n) is 3.77. The minimum Gasteiger partial charge on any atom is -0.497 e. The summed E-state index contributed by atoms with van der Waals surface area (Å²) in [5.41, 5.74) is 4.52. The number of aryl methyl sites for hydroxylation is 1. The predicted molar refractivity (Wildman–Crippen MR) is 66.1 cm³/mol. The van der Waals surface area contributed by atoms with Gasteiger partial charge in [0.2, 0.25) is 0 Å². The van der Waals surface area contributed by atoms with Gasteiger partial charge in [-0.05, 0) is 36.1 Å². The molecule has 2 nitrogen and oxygen atoms in total. The number of hydrogen-bond acceptors (Lipinski definition) is 2. The standard InChI is InChI=1S/C14H15NO/c1-4-12-13-9-11(16-3)7-5-10(13)6-8-14(12)15-2/h1,5,7,9,15H,6,8H2,2-3H3. The number of allylic oxidation sites excluding steroid dienone is 2. The zero-order valence-corrected chi connectivity index (χ0v) is 9.63. The molecule has 0 heterocycles. The number of nitrogens with one attached hydrogen (secondary N) is 1. The molecule has 1 aliphatic carbocycles. The van der Waals surface area contributed by atoms with E-state index in [9.17, 15) is 0 Å². The Morgan fingerprint density at radius 3 is 2.81 bits per heavy atom. The molecule has 0 aromatic heterocycles. The summed E-state index contributed by atoms with van der Waals surface area (Å²) in [4.78, 5) is 0. The molecule has 2 heteroatoms. The fourth-order valence-corrected chi connectivity index (χ4v) is 2.10. The zero-order chi connectivity index (χ0) is 11.5. The summed E-state index contributed by atoms with van der Waals surface area (Å²) in [6, 6.07) is 6.09. The van der Waals surface area contributed by atoms with Gasteiger partial charge in [-0.2, -0.15) is 0 Å². The topological polar surface area (TPSA) is 21.3 Å². The number of terminal acetylenes is 1. The van der Waals surface area contributed by atoms with E-state index in [4.69, 9.17) is 11.2 Å². The van der Waals surface area contributed by atoms with Gasteiger partial charge in [0.1, 0.15) is 5.75 Å². The lowest BCUT2D eigenvalue weighted by atomic mass is 9.89. The summed E-state index contributed by atoms with van der Waals surface area (Å²) in [5, 5.41) is 3.18. The Bertz CT molecular complexity index is 480. The second kappa shape index (κ2) is 4.32. The van der Waals surface area contributed by atoms with Gasteiger partial charge in [0.15, 0.2) is 0 Å². The lowest BCUT2D eigenvalue weighted by molar-refractivity contribution is 0.414. The maximum atomic E-state index is 5.59. The first kappa shape index (κ1) is 10.6. The van der Waals surface area contributed by atoms with E-state index >= 15 is 0 Å². The molecule has 0 amide bonds. The molecule has 16 heavy (non-hydrogen) atoms. The predicted octanol–water partition coefficient (Wildman–Crippen LogP) is 2.21. The average molecular weight is 213 g/mol. The Labute approximate surface area is 96.3 Å². The molecule has 1 N–H and O–H groups in total. The maximum Gasteiger partial charge on any atom is 0.119 e. The van der Waals surface area contributed by atoms with Crippen molar-refractivity contribution >= 4 is 5.57 Å². The molecule has 0 saturated carbocycles. The fraction of sp³-hybridized carbons (Fsp3) is 0.286. The van der Waals surface area contributed by atoms with E-state index in [1.54, 1.807) is 7.11 Å². The first-order chi connectivity index (χ1) is 7.80. The van der Waals surface area contributed by atoms with E-state index in [-0.39, 0.29) is 0 Å². The van der Waals surface area contributed by atoms with Crippen LogP contribution in [0.25, 0.3) is 5.57 Å². The number of methoxy groups -OCH3 is 1. The van der Waals surface area contributed by atoms with Gasteiger partial charge in [-0.25, -0.2) is 0 Å². The molecule has 82 valence electrons. The van der Waals surface area contributed by atoms with Gasteiger partial charge >= 0.3 is 0 Å². The van der Waals surface area contributed by atoms with Gasteiger partial charge in [0.25, 0.3) is 0 Å². The van der Waals surface area contributed by atoms with Crippen LogP contribution in [0.3, 0.4) is 0 Å². The largest absolute Gasteiger partial charge is 0.497 e. The van der Waals surface area contributed by atoms with Crippen molar-refractivity contribution in [3.05, 3.63) is 35.0 Å². The van der Waals surface area contributed by atoms with Crippen LogP contribution in [0.2, 0.25) is 0 Å². The molecule has 0 bridgehead atoms. The van der Waals surface area contributed by atoms with E-state index < -0.39 is 0 Å². The van der Waals surface area contributed by atoms with Gasteiger partial charge in [-0.15, -0.1) is 6.42 Å². The third kappa shape index (κ3) is 1.65. The summed E-state index contributed by atoms with van der Waals surface area (Å²) in [6.07, 6.45) is 7.60. The van der Waals surface area contributed by atoms with Crippen molar-refractivity contribution in [2.24, 2.45) is 0 Å². The zero-order valence-electron chi connectivity index (χ0n) is 9.63. The van der Waals surface area contributed by atoms with Crippen LogP contribution in [0.5, 0.6) is 5.75 Å². The highest BCUT2D eigenvalue weighted by Crippen LogP contribution is 2.32. The van der Waals surface area contributed by atoms with Crippen molar-refractivity contribution in [2.75, 3.05) is 14.2 Å². The third-order valence-electron chi connectivity index (χ3n) is 2.98. The first-order valence-electron chi connectivity index (χ1n) is 5.35. The van der Waals surface area contributed by atoms with Gasteiger partial charge in [-0.1, -0.05) is 12.0 Å². The van der Waals surface area contributed by atoms with Crippen molar-refractivity contribution in [3.8, 4) is 18.1 Å². The Balaban J connectivity index is 2.58. The van der Waals surface area contributed by atoms with E-state index in [1.165, 1.54) is 5.56 Å². The molecule has 0 saturated heterocycles. The molecule has 0 spiro atoms. The Morgan fingerprint density at radius 2 is 2.19 bits per heavy atom. The number of fused-ring (bicyclic) bond motifs is 1. The Hall–Kier alpha value is -1.88. The van der Waals surface area contributed by atoms with Crippen LogP contribution in [0.15, 0.2) is 23.9 Å². The second-order valence-corrected chi connectivity index (χ2v) is 3.77. The summed E-state index contributed by atoms with van der Waals surface area (Å²) in [5.74, 6) is 3.62. The molecule has 1 aliphatic rings. The summed E-state index contributed by atoms with van der Waals surface area (Å²) >= 11 is 0. The van der Waals surface area contributed by atoms with E-state index in [1.807, 2.05) is 19.2 Å². The van der Waals surface area contributed by atoms with E-state index in [0.717, 1.165) is 35.4 Å². The van der Waals surface area contributed by atoms with Crippen LogP contribution in [-0.4, -0.2) is 14.2 Å². The SMILES string of the molecule is C#CC1=C(NC)CCc2ccc(OC)cc21. The van der Waals surface area contributed by atoms with Crippen LogP contribution in [-0.2, 0) is 6.42 Å². The van der Waals surface area contributed by atoms with Crippen molar-refractivity contribution in [3.63, 3.8) is 0 Å². The van der Waals surface area contributed by atoms with Crippen molar-refractivity contribution in [1.82, 2.24) is 5.32 Å². The lowest BCUT2D eigenvalue weighted by Gasteiger charge is -2.20. The summed E-state index contributed by atoms with van der Waals surface area (Å²) < 4.78 is 5.23. The lowest BCUT2D eigenvalue weighted by Crippen LogP contribution is -2.14. The monoisotopic (exact) mass is 213 g/mol. The maximum absolute atomic E-state index is 5.59. The van der Waals surface area contributed by atoms with Crippen molar-refractivity contribution in [2.45, 2.75) is 12.8 Å². The Kier molecular flexibility index (Phi) is 2.87. The smallest absolute Gasteiger partial charge is 0.119 e. The normalized spacial score (nSPS) is 14.1. The molecule has 0 aliphatic heterocycles. The van der Waals surface area contributed by atoms with Crippen LogP contribution >= 0.6 is 0 Å². The van der Waals surface area contributed by atoms with Crippen LogP contribution in [0.1, 0.15) is 17.5 Å². The van der Waals surface area contributed by atoms with E-state index in [0.29, 0.717) is 0 Å². The van der Waals surface area contributed by atoms with Crippen LogP contribution in [0.4, 0.5) is 0 Å². The average Bonchev–Trinajstić information content (AvgIpc) is 2.36. The van der Waals surface area contributed by atoms with Gasteiger partial charge < -0.3 is 10.1 Å². The van der Waals surface area contributed by atoms with Crippen molar-refractivity contribution < 1.29 is 4.74 Å². The summed E-state index contributed by atoms with van der Waals surface area (Å²) in [6.45, 7) is 0. The fourth-order valence-electron chi connectivity index (χ4n) is 2.10. The molecule has 0 atom stereocenters. The minimum atomic E-state index is 0.851. The summed E-state index contributed by atoms with van der Waals surface area (Å²) in [7, 11) is 3.58. The first-order valence-corrected chi connectivity index (χ1v) is 5.35. The number of ether oxygens (including phenoxy) is 1. The van der Waals surface area contributed by atoms with E-state index in [2.05, 4.69) is 17.3 Å². The molecule has 0 radical (unpaired) electrons. The molecular formula is C14H15NO. The number of hydrogen-bond donors (Lipinski definition) is 1. The van der Waals surface area contributed by atoms with Crippen LogP contribution < -0.4 is 10.1 Å². The highest BCUT2D eigenvalue weighted by Gasteiger charge is 2.17. The van der Waals surface area contributed by atoms with Crippen molar-refractivity contribution in [1.29, 1.82) is 0 Å². The number of benzene rings is 1. The highest BCUT2D eigenvalue weighted by atomic mass is 16.5. The molecule has 2 rings (SSSR count). The minimum absolute atomic E-state index is 0.851. The van der Waals surface area contributed by atoms with Crippen LogP contribution in [0, 0.1) is 12.3 Å². The van der Waals surface area contributed by atoms with Gasteiger partial charge in [-0.3, -0.25) is 0 Å².